The van der Waals surface area contributed by atoms with Crippen LogP contribution in [-0.2, 0) is 10.0 Å². The SMILES string of the molecule is CC(C)NS(=O)(=O)c1c[c]ccc1. The van der Waals surface area contributed by atoms with Gasteiger partial charge in [-0.25, -0.2) is 13.1 Å². The van der Waals surface area contributed by atoms with E-state index in [9.17, 15) is 8.42 Å². The molecule has 0 spiro atoms. The molecule has 0 amide bonds. The summed E-state index contributed by atoms with van der Waals surface area (Å²) in [4.78, 5) is 0.253. The van der Waals surface area contributed by atoms with E-state index in [1.807, 2.05) is 0 Å². The van der Waals surface area contributed by atoms with Gasteiger partial charge in [-0.1, -0.05) is 12.1 Å². The molecule has 0 bridgehead atoms. The zero-order valence-electron chi connectivity index (χ0n) is 7.61. The Bertz CT molecular complexity index is 356. The minimum Gasteiger partial charge on any atom is -0.209 e. The second kappa shape index (κ2) is 3.89. The molecule has 1 radical (unpaired) electrons. The average molecular weight is 198 g/mol. The fraction of sp³-hybridized carbons (Fsp3) is 0.333. The van der Waals surface area contributed by atoms with Gasteiger partial charge in [0.15, 0.2) is 0 Å². The lowest BCUT2D eigenvalue weighted by atomic mass is 10.4. The average Bonchev–Trinajstić information content (AvgIpc) is 2.04. The molecule has 0 saturated carbocycles. The van der Waals surface area contributed by atoms with Crippen LogP contribution in [0, 0.1) is 6.07 Å². The largest absolute Gasteiger partial charge is 0.240 e. The van der Waals surface area contributed by atoms with Crippen LogP contribution in [-0.4, -0.2) is 14.5 Å². The fourth-order valence-electron chi connectivity index (χ4n) is 0.922. The fourth-order valence-corrected chi connectivity index (χ4v) is 2.16. The van der Waals surface area contributed by atoms with Gasteiger partial charge in [0.2, 0.25) is 10.0 Å². The highest BCUT2D eigenvalue weighted by Gasteiger charge is 2.13. The van der Waals surface area contributed by atoms with Crippen molar-refractivity contribution in [3.05, 3.63) is 30.3 Å². The second-order valence-electron chi connectivity index (χ2n) is 3.02. The standard InChI is InChI=1S/C9H12NO2S/c1-8(2)10-13(11,12)9-6-4-3-5-7-9/h3-4,6-8,10H,1-2H3. The third kappa shape index (κ3) is 2.82. The highest BCUT2D eigenvalue weighted by molar-refractivity contribution is 7.89. The van der Waals surface area contributed by atoms with E-state index < -0.39 is 10.0 Å². The quantitative estimate of drug-likeness (QED) is 0.792. The molecule has 0 aromatic heterocycles. The molecule has 1 rings (SSSR count). The van der Waals surface area contributed by atoms with E-state index in [1.54, 1.807) is 32.0 Å². The van der Waals surface area contributed by atoms with E-state index >= 15 is 0 Å². The van der Waals surface area contributed by atoms with Crippen LogP contribution in [0.4, 0.5) is 0 Å². The summed E-state index contributed by atoms with van der Waals surface area (Å²) < 4.78 is 25.5. The van der Waals surface area contributed by atoms with Gasteiger partial charge < -0.3 is 0 Å². The first-order valence-corrected chi connectivity index (χ1v) is 5.49. The summed E-state index contributed by atoms with van der Waals surface area (Å²) in [5.74, 6) is 0. The Morgan fingerprint density at radius 1 is 1.46 bits per heavy atom. The van der Waals surface area contributed by atoms with Gasteiger partial charge in [0.25, 0.3) is 0 Å². The summed E-state index contributed by atoms with van der Waals surface area (Å²) in [6.45, 7) is 3.56. The third-order valence-electron chi connectivity index (χ3n) is 1.38. The predicted molar refractivity (Wildman–Crippen MR) is 50.7 cm³/mol. The van der Waals surface area contributed by atoms with E-state index in [4.69, 9.17) is 0 Å². The van der Waals surface area contributed by atoms with E-state index in [1.165, 1.54) is 6.07 Å². The van der Waals surface area contributed by atoms with E-state index in [-0.39, 0.29) is 10.9 Å². The number of sulfonamides is 1. The first kappa shape index (κ1) is 10.2. The molecule has 0 heterocycles. The van der Waals surface area contributed by atoms with Crippen molar-refractivity contribution in [2.24, 2.45) is 0 Å². The Balaban J connectivity index is 2.96. The minimum absolute atomic E-state index is 0.0924. The van der Waals surface area contributed by atoms with Gasteiger partial charge in [0.1, 0.15) is 0 Å². The normalized spacial score (nSPS) is 11.9. The van der Waals surface area contributed by atoms with Crippen LogP contribution < -0.4 is 4.72 Å². The lowest BCUT2D eigenvalue weighted by Crippen LogP contribution is -2.30. The maximum atomic E-state index is 11.5. The van der Waals surface area contributed by atoms with Gasteiger partial charge in [-0.2, -0.15) is 0 Å². The van der Waals surface area contributed by atoms with Crippen LogP contribution in [0.2, 0.25) is 0 Å². The zero-order chi connectivity index (χ0) is 9.90. The molecule has 1 N–H and O–H groups in total. The number of rotatable bonds is 3. The van der Waals surface area contributed by atoms with Gasteiger partial charge in [-0.15, -0.1) is 0 Å². The lowest BCUT2D eigenvalue weighted by Gasteiger charge is -2.08. The molecule has 0 aliphatic carbocycles. The Morgan fingerprint density at radius 3 is 2.62 bits per heavy atom. The van der Waals surface area contributed by atoms with Gasteiger partial charge >= 0.3 is 0 Å². The van der Waals surface area contributed by atoms with Crippen LogP contribution in [0.25, 0.3) is 0 Å². The molecule has 0 fully saturated rings. The van der Waals surface area contributed by atoms with Crippen LogP contribution in [0.5, 0.6) is 0 Å². The molecular formula is C9H12NO2S. The molecule has 1 aromatic rings. The van der Waals surface area contributed by atoms with Crippen molar-refractivity contribution in [3.8, 4) is 0 Å². The smallest absolute Gasteiger partial charge is 0.209 e. The minimum atomic E-state index is -3.34. The summed E-state index contributed by atoms with van der Waals surface area (Å²) in [6.07, 6.45) is 0. The van der Waals surface area contributed by atoms with Crippen molar-refractivity contribution in [3.63, 3.8) is 0 Å². The molecular weight excluding hydrogens is 186 g/mol. The summed E-state index contributed by atoms with van der Waals surface area (Å²) in [6, 6.07) is 8.93. The lowest BCUT2D eigenvalue weighted by molar-refractivity contribution is 0.570. The van der Waals surface area contributed by atoms with Crippen LogP contribution >= 0.6 is 0 Å². The summed E-state index contributed by atoms with van der Waals surface area (Å²) in [7, 11) is -3.34. The van der Waals surface area contributed by atoms with Crippen molar-refractivity contribution >= 4 is 10.0 Å². The summed E-state index contributed by atoms with van der Waals surface area (Å²) in [5.41, 5.74) is 0. The van der Waals surface area contributed by atoms with Crippen molar-refractivity contribution in [1.82, 2.24) is 4.72 Å². The number of hydrogen-bond acceptors (Lipinski definition) is 2. The summed E-state index contributed by atoms with van der Waals surface area (Å²) in [5, 5.41) is 0. The number of hydrogen-bond donors (Lipinski definition) is 1. The third-order valence-corrected chi connectivity index (χ3v) is 3.04. The first-order valence-electron chi connectivity index (χ1n) is 4.01. The molecule has 0 unspecified atom stereocenters. The molecule has 0 aliphatic heterocycles. The van der Waals surface area contributed by atoms with E-state index in [0.29, 0.717) is 0 Å². The molecule has 0 aliphatic rings. The number of benzene rings is 1. The number of nitrogens with one attached hydrogen (secondary N) is 1. The Labute approximate surface area is 78.8 Å². The summed E-state index contributed by atoms with van der Waals surface area (Å²) >= 11 is 0. The highest BCUT2D eigenvalue weighted by Crippen LogP contribution is 2.06. The molecule has 4 heteroatoms. The van der Waals surface area contributed by atoms with Crippen molar-refractivity contribution in [2.45, 2.75) is 24.8 Å². The molecule has 0 atom stereocenters. The van der Waals surface area contributed by atoms with Crippen molar-refractivity contribution in [1.29, 1.82) is 0 Å². The Hall–Kier alpha value is -0.870. The van der Waals surface area contributed by atoms with Crippen LogP contribution in [0.15, 0.2) is 29.2 Å². The van der Waals surface area contributed by atoms with Crippen molar-refractivity contribution < 1.29 is 8.42 Å². The zero-order valence-corrected chi connectivity index (χ0v) is 8.43. The monoisotopic (exact) mass is 198 g/mol. The van der Waals surface area contributed by atoms with E-state index in [0.717, 1.165) is 0 Å². The van der Waals surface area contributed by atoms with Gasteiger partial charge in [-0.05, 0) is 32.0 Å². The maximum Gasteiger partial charge on any atom is 0.240 e. The first-order chi connectivity index (χ1) is 6.02. The van der Waals surface area contributed by atoms with Gasteiger partial charge in [-0.3, -0.25) is 0 Å². The molecule has 71 valence electrons. The molecule has 0 saturated heterocycles. The van der Waals surface area contributed by atoms with Crippen LogP contribution in [0.1, 0.15) is 13.8 Å². The molecule has 1 aromatic carbocycles. The van der Waals surface area contributed by atoms with E-state index in [2.05, 4.69) is 10.8 Å². The van der Waals surface area contributed by atoms with Crippen LogP contribution in [0.3, 0.4) is 0 Å². The Morgan fingerprint density at radius 2 is 2.15 bits per heavy atom. The maximum absolute atomic E-state index is 11.5. The molecule has 13 heavy (non-hydrogen) atoms. The predicted octanol–water partition coefficient (Wildman–Crippen LogP) is 1.17. The molecule has 3 nitrogen and oxygen atoms in total. The van der Waals surface area contributed by atoms with Gasteiger partial charge in [0, 0.05) is 6.04 Å². The Kier molecular flexibility index (Phi) is 3.06. The second-order valence-corrected chi connectivity index (χ2v) is 4.73. The topological polar surface area (TPSA) is 46.2 Å². The highest BCUT2D eigenvalue weighted by atomic mass is 32.2. The van der Waals surface area contributed by atoms with Crippen molar-refractivity contribution in [2.75, 3.05) is 0 Å². The van der Waals surface area contributed by atoms with Gasteiger partial charge in [0.05, 0.1) is 4.90 Å².